The van der Waals surface area contributed by atoms with Gasteiger partial charge in [-0.1, -0.05) is 12.8 Å². The first-order chi connectivity index (χ1) is 7.73. The first-order valence-corrected chi connectivity index (χ1v) is 6.75. The van der Waals surface area contributed by atoms with Crippen LogP contribution in [0.1, 0.15) is 44.9 Å². The third-order valence-corrected chi connectivity index (χ3v) is 4.14. The monoisotopic (exact) mass is 226 g/mol. The number of rotatable bonds is 7. The molecule has 2 aliphatic rings. The van der Waals surface area contributed by atoms with Crippen LogP contribution in [-0.4, -0.2) is 43.3 Å². The topological polar surface area (TPSA) is 38.5 Å². The molecule has 2 rings (SSSR count). The summed E-state index contributed by atoms with van der Waals surface area (Å²) in [5.74, 6) is 0. The zero-order valence-corrected chi connectivity index (χ0v) is 10.6. The lowest BCUT2D eigenvalue weighted by molar-refractivity contribution is 0.137. The van der Waals surface area contributed by atoms with Crippen LogP contribution in [0, 0.1) is 0 Å². The van der Waals surface area contributed by atoms with Crippen LogP contribution in [0.4, 0.5) is 0 Å². The number of nitrogens with zero attached hydrogens (tertiary/aromatic N) is 1. The number of ether oxygens (including phenoxy) is 1. The number of methoxy groups -OCH3 is 1. The molecule has 3 nitrogen and oxygen atoms in total. The molecule has 0 aromatic rings. The molecule has 2 fully saturated rings. The number of hydrogen-bond donors (Lipinski definition) is 1. The molecule has 2 saturated carbocycles. The molecule has 0 heterocycles. The number of hydrogen-bond acceptors (Lipinski definition) is 3. The highest BCUT2D eigenvalue weighted by Gasteiger charge is 2.33. The van der Waals surface area contributed by atoms with Gasteiger partial charge in [0.25, 0.3) is 0 Å². The van der Waals surface area contributed by atoms with Crippen molar-refractivity contribution in [2.45, 2.75) is 56.5 Å². The van der Waals surface area contributed by atoms with E-state index in [1.54, 1.807) is 7.11 Å². The van der Waals surface area contributed by atoms with Crippen molar-refractivity contribution >= 4 is 0 Å². The fourth-order valence-electron chi connectivity index (χ4n) is 2.82. The van der Waals surface area contributed by atoms with E-state index in [9.17, 15) is 0 Å². The highest BCUT2D eigenvalue weighted by Crippen LogP contribution is 2.32. The molecule has 0 unspecified atom stereocenters. The van der Waals surface area contributed by atoms with Gasteiger partial charge in [0.05, 0.1) is 6.61 Å². The van der Waals surface area contributed by atoms with Crippen molar-refractivity contribution < 1.29 is 4.74 Å². The molecule has 16 heavy (non-hydrogen) atoms. The van der Waals surface area contributed by atoms with E-state index in [0.717, 1.165) is 19.2 Å². The Morgan fingerprint density at radius 1 is 1.25 bits per heavy atom. The Labute approximate surface area is 99.3 Å². The molecule has 0 amide bonds. The summed E-state index contributed by atoms with van der Waals surface area (Å²) in [6, 6.07) is 0.833. The van der Waals surface area contributed by atoms with Crippen molar-refractivity contribution in [1.82, 2.24) is 4.90 Å². The highest BCUT2D eigenvalue weighted by atomic mass is 16.5. The van der Waals surface area contributed by atoms with Crippen molar-refractivity contribution in [2.75, 3.05) is 26.8 Å². The van der Waals surface area contributed by atoms with Crippen LogP contribution >= 0.6 is 0 Å². The summed E-state index contributed by atoms with van der Waals surface area (Å²) in [6.45, 7) is 3.11. The zero-order chi connectivity index (χ0) is 11.4. The van der Waals surface area contributed by atoms with E-state index >= 15 is 0 Å². The molecule has 0 spiro atoms. The van der Waals surface area contributed by atoms with Gasteiger partial charge in [-0.2, -0.15) is 0 Å². The minimum Gasteiger partial charge on any atom is -0.383 e. The predicted octanol–water partition coefficient (Wildman–Crippen LogP) is 1.76. The summed E-state index contributed by atoms with van der Waals surface area (Å²) in [7, 11) is 1.78. The second-order valence-corrected chi connectivity index (χ2v) is 5.58. The van der Waals surface area contributed by atoms with Gasteiger partial charge in [0.15, 0.2) is 0 Å². The standard InChI is InChI=1S/C13H26N2O/c1-16-11-10-15(12-4-5-12)9-8-13(14)6-2-3-7-13/h12H,2-11,14H2,1H3. The second kappa shape index (κ2) is 5.48. The summed E-state index contributed by atoms with van der Waals surface area (Å²) >= 11 is 0. The third-order valence-electron chi connectivity index (χ3n) is 4.14. The number of nitrogens with two attached hydrogens (primary N) is 1. The summed E-state index contributed by atoms with van der Waals surface area (Å²) < 4.78 is 5.17. The van der Waals surface area contributed by atoms with Gasteiger partial charge in [0, 0.05) is 31.8 Å². The van der Waals surface area contributed by atoms with Crippen LogP contribution in [-0.2, 0) is 4.74 Å². The predicted molar refractivity (Wildman–Crippen MR) is 66.5 cm³/mol. The normalized spacial score (nSPS) is 24.2. The van der Waals surface area contributed by atoms with Crippen LogP contribution < -0.4 is 5.73 Å². The zero-order valence-electron chi connectivity index (χ0n) is 10.6. The van der Waals surface area contributed by atoms with Crippen molar-refractivity contribution in [1.29, 1.82) is 0 Å². The van der Waals surface area contributed by atoms with E-state index in [0.29, 0.717) is 0 Å². The molecule has 94 valence electrons. The molecule has 0 saturated heterocycles. The highest BCUT2D eigenvalue weighted by molar-refractivity contribution is 4.92. The van der Waals surface area contributed by atoms with Crippen LogP contribution in [0.3, 0.4) is 0 Å². The Hall–Kier alpha value is -0.120. The van der Waals surface area contributed by atoms with Gasteiger partial charge in [0.2, 0.25) is 0 Å². The lowest BCUT2D eigenvalue weighted by atomic mass is 9.94. The van der Waals surface area contributed by atoms with Crippen LogP contribution in [0.25, 0.3) is 0 Å². The Bertz CT molecular complexity index is 210. The minimum absolute atomic E-state index is 0.153. The van der Waals surface area contributed by atoms with Gasteiger partial charge >= 0.3 is 0 Å². The van der Waals surface area contributed by atoms with Crippen molar-refractivity contribution in [3.8, 4) is 0 Å². The average molecular weight is 226 g/mol. The van der Waals surface area contributed by atoms with Gasteiger partial charge in [-0.25, -0.2) is 0 Å². The molecule has 2 aliphatic carbocycles. The fraction of sp³-hybridized carbons (Fsp3) is 1.00. The summed E-state index contributed by atoms with van der Waals surface area (Å²) in [5.41, 5.74) is 6.55. The molecular formula is C13H26N2O. The van der Waals surface area contributed by atoms with Crippen LogP contribution in [0.5, 0.6) is 0 Å². The summed E-state index contributed by atoms with van der Waals surface area (Å²) in [5, 5.41) is 0. The molecule has 0 aromatic carbocycles. The van der Waals surface area contributed by atoms with Crippen LogP contribution in [0.2, 0.25) is 0 Å². The Kier molecular flexibility index (Phi) is 4.22. The van der Waals surface area contributed by atoms with E-state index in [-0.39, 0.29) is 5.54 Å². The Morgan fingerprint density at radius 2 is 1.94 bits per heavy atom. The molecule has 0 radical (unpaired) electrons. The van der Waals surface area contributed by atoms with E-state index in [4.69, 9.17) is 10.5 Å². The molecule has 0 atom stereocenters. The minimum atomic E-state index is 0.153. The van der Waals surface area contributed by atoms with Gasteiger partial charge in [-0.15, -0.1) is 0 Å². The summed E-state index contributed by atoms with van der Waals surface area (Å²) in [6.07, 6.45) is 9.05. The fourth-order valence-corrected chi connectivity index (χ4v) is 2.82. The quantitative estimate of drug-likeness (QED) is 0.719. The maximum Gasteiger partial charge on any atom is 0.0589 e. The van der Waals surface area contributed by atoms with Gasteiger partial charge in [-0.05, 0) is 32.1 Å². The smallest absolute Gasteiger partial charge is 0.0589 e. The average Bonchev–Trinajstić information content (AvgIpc) is 3.02. The van der Waals surface area contributed by atoms with Gasteiger partial charge in [-0.3, -0.25) is 4.90 Å². The maximum absolute atomic E-state index is 6.40. The molecular weight excluding hydrogens is 200 g/mol. The second-order valence-electron chi connectivity index (χ2n) is 5.58. The SMILES string of the molecule is COCCN(CCC1(N)CCCC1)C1CC1. The van der Waals surface area contributed by atoms with E-state index in [1.807, 2.05) is 0 Å². The Balaban J connectivity index is 1.72. The van der Waals surface area contributed by atoms with E-state index < -0.39 is 0 Å². The Morgan fingerprint density at radius 3 is 2.50 bits per heavy atom. The van der Waals surface area contributed by atoms with Crippen LogP contribution in [0.15, 0.2) is 0 Å². The first-order valence-electron chi connectivity index (χ1n) is 6.75. The largest absolute Gasteiger partial charge is 0.383 e. The summed E-state index contributed by atoms with van der Waals surface area (Å²) in [4.78, 5) is 2.58. The van der Waals surface area contributed by atoms with E-state index in [1.165, 1.54) is 51.5 Å². The van der Waals surface area contributed by atoms with Crippen molar-refractivity contribution in [3.63, 3.8) is 0 Å². The molecule has 0 aromatic heterocycles. The van der Waals surface area contributed by atoms with Gasteiger partial charge < -0.3 is 10.5 Å². The first kappa shape index (κ1) is 12.3. The molecule has 2 N–H and O–H groups in total. The van der Waals surface area contributed by atoms with Crippen molar-refractivity contribution in [2.24, 2.45) is 5.73 Å². The van der Waals surface area contributed by atoms with E-state index in [2.05, 4.69) is 4.90 Å². The van der Waals surface area contributed by atoms with Crippen molar-refractivity contribution in [3.05, 3.63) is 0 Å². The van der Waals surface area contributed by atoms with Gasteiger partial charge in [0.1, 0.15) is 0 Å². The molecule has 0 bridgehead atoms. The lowest BCUT2D eigenvalue weighted by Crippen LogP contribution is -2.41. The third kappa shape index (κ3) is 3.44. The molecule has 3 heteroatoms. The molecule has 0 aliphatic heterocycles. The lowest BCUT2D eigenvalue weighted by Gasteiger charge is -2.28. The maximum atomic E-state index is 6.40.